The third kappa shape index (κ3) is 1.94. The van der Waals surface area contributed by atoms with Crippen LogP contribution in [0.15, 0.2) is 35.8 Å². The van der Waals surface area contributed by atoms with Crippen molar-refractivity contribution in [1.29, 1.82) is 0 Å². The number of pyridine rings is 1. The number of hydrogen-bond acceptors (Lipinski definition) is 4. The second-order valence-electron chi connectivity index (χ2n) is 5.15. The molecule has 4 rings (SSSR count). The smallest absolute Gasteiger partial charge is 0.165 e. The lowest BCUT2D eigenvalue weighted by atomic mass is 9.99. The number of imidazole rings is 1. The predicted molar refractivity (Wildman–Crippen MR) is 81.6 cm³/mol. The van der Waals surface area contributed by atoms with Crippen LogP contribution in [0.5, 0.6) is 0 Å². The van der Waals surface area contributed by atoms with Gasteiger partial charge in [-0.1, -0.05) is 0 Å². The van der Waals surface area contributed by atoms with Crippen molar-refractivity contribution in [3.05, 3.63) is 41.7 Å². The molecule has 102 valence electrons. The third-order valence-electron chi connectivity index (χ3n) is 3.83. The molecular weight excluding hydrogens is 268 g/mol. The van der Waals surface area contributed by atoms with Crippen molar-refractivity contribution in [3.63, 3.8) is 0 Å². The van der Waals surface area contributed by atoms with Gasteiger partial charge in [0.25, 0.3) is 0 Å². The fraction of sp³-hybridized carbons (Fsp3) is 0.333. The van der Waals surface area contributed by atoms with Crippen molar-refractivity contribution < 1.29 is 0 Å². The van der Waals surface area contributed by atoms with Gasteiger partial charge in [-0.3, -0.25) is 4.57 Å². The van der Waals surface area contributed by atoms with E-state index in [0.29, 0.717) is 5.92 Å². The summed E-state index contributed by atoms with van der Waals surface area (Å²) in [4.78, 5) is 9.40. The SMILES string of the molecule is c1csc(-n2c(C3CCCNC3)nc3cccnc32)c1. The monoisotopic (exact) mass is 284 g/mol. The van der Waals surface area contributed by atoms with Crippen molar-refractivity contribution in [1.82, 2.24) is 19.9 Å². The third-order valence-corrected chi connectivity index (χ3v) is 4.68. The van der Waals surface area contributed by atoms with Crippen LogP contribution < -0.4 is 5.32 Å². The maximum absolute atomic E-state index is 4.86. The van der Waals surface area contributed by atoms with Crippen molar-refractivity contribution in [2.75, 3.05) is 13.1 Å². The minimum atomic E-state index is 0.472. The zero-order chi connectivity index (χ0) is 13.4. The van der Waals surface area contributed by atoms with Crippen LogP contribution in [0.3, 0.4) is 0 Å². The van der Waals surface area contributed by atoms with E-state index in [0.717, 1.165) is 30.1 Å². The van der Waals surface area contributed by atoms with Gasteiger partial charge in [0, 0.05) is 18.7 Å². The minimum absolute atomic E-state index is 0.472. The van der Waals surface area contributed by atoms with Crippen molar-refractivity contribution in [3.8, 4) is 5.00 Å². The Morgan fingerprint density at radius 2 is 2.30 bits per heavy atom. The van der Waals surface area contributed by atoms with E-state index >= 15 is 0 Å². The molecule has 4 nitrogen and oxygen atoms in total. The quantitative estimate of drug-likeness (QED) is 0.787. The van der Waals surface area contributed by atoms with E-state index in [-0.39, 0.29) is 0 Å². The van der Waals surface area contributed by atoms with Crippen LogP contribution in [0, 0.1) is 0 Å². The van der Waals surface area contributed by atoms with E-state index in [4.69, 9.17) is 4.98 Å². The first kappa shape index (κ1) is 12.1. The molecule has 4 heterocycles. The predicted octanol–water partition coefficient (Wildman–Crippen LogP) is 2.95. The topological polar surface area (TPSA) is 42.7 Å². The Morgan fingerprint density at radius 1 is 1.30 bits per heavy atom. The maximum atomic E-state index is 4.86. The molecule has 1 fully saturated rings. The van der Waals surface area contributed by atoms with Crippen molar-refractivity contribution in [2.24, 2.45) is 0 Å². The Balaban J connectivity index is 1.92. The molecule has 1 saturated heterocycles. The van der Waals surface area contributed by atoms with Gasteiger partial charge in [0.2, 0.25) is 0 Å². The molecule has 20 heavy (non-hydrogen) atoms. The highest BCUT2D eigenvalue weighted by atomic mass is 32.1. The van der Waals surface area contributed by atoms with Gasteiger partial charge in [0.05, 0.1) is 0 Å². The summed E-state index contributed by atoms with van der Waals surface area (Å²) >= 11 is 1.74. The molecule has 1 aliphatic rings. The van der Waals surface area contributed by atoms with Crippen molar-refractivity contribution >= 4 is 22.5 Å². The number of hydrogen-bond donors (Lipinski definition) is 1. The van der Waals surface area contributed by atoms with Crippen LogP contribution in [0.1, 0.15) is 24.6 Å². The summed E-state index contributed by atoms with van der Waals surface area (Å²) in [7, 11) is 0. The summed E-state index contributed by atoms with van der Waals surface area (Å²) in [6.45, 7) is 2.13. The summed E-state index contributed by atoms with van der Waals surface area (Å²) in [6, 6.07) is 8.22. The number of piperidine rings is 1. The summed E-state index contributed by atoms with van der Waals surface area (Å²) in [5.41, 5.74) is 1.96. The number of rotatable bonds is 2. The standard InChI is InChI=1S/C15H16N4S/c1-4-11(10-16-7-1)14-18-12-5-2-8-17-15(12)19(14)13-6-3-9-20-13/h2-3,5-6,8-9,11,16H,1,4,7,10H2. The lowest BCUT2D eigenvalue weighted by Crippen LogP contribution is -2.29. The lowest BCUT2D eigenvalue weighted by molar-refractivity contribution is 0.444. The van der Waals surface area contributed by atoms with E-state index in [2.05, 4.69) is 32.4 Å². The van der Waals surface area contributed by atoms with Crippen LogP contribution in [0.4, 0.5) is 0 Å². The van der Waals surface area contributed by atoms with Gasteiger partial charge in [-0.25, -0.2) is 9.97 Å². The van der Waals surface area contributed by atoms with Crippen LogP contribution in [0.25, 0.3) is 16.2 Å². The molecular formula is C15H16N4S. The molecule has 0 bridgehead atoms. The summed E-state index contributed by atoms with van der Waals surface area (Å²) in [6.07, 6.45) is 4.25. The fourth-order valence-electron chi connectivity index (χ4n) is 2.89. The second-order valence-corrected chi connectivity index (χ2v) is 6.07. The van der Waals surface area contributed by atoms with E-state index in [1.165, 1.54) is 17.8 Å². The number of nitrogens with one attached hydrogen (secondary N) is 1. The molecule has 0 amide bonds. The highest BCUT2D eigenvalue weighted by Gasteiger charge is 2.23. The molecule has 1 aliphatic heterocycles. The van der Waals surface area contributed by atoms with Crippen LogP contribution >= 0.6 is 11.3 Å². The molecule has 1 unspecified atom stereocenters. The van der Waals surface area contributed by atoms with E-state index in [1.807, 2.05) is 18.3 Å². The normalized spacial score (nSPS) is 19.5. The van der Waals surface area contributed by atoms with Crippen LogP contribution in [0.2, 0.25) is 0 Å². The van der Waals surface area contributed by atoms with Gasteiger partial charge >= 0.3 is 0 Å². The Kier molecular flexibility index (Phi) is 3.01. The molecule has 3 aromatic heterocycles. The molecule has 1 N–H and O–H groups in total. The first-order valence-electron chi connectivity index (χ1n) is 7.01. The maximum Gasteiger partial charge on any atom is 0.165 e. The van der Waals surface area contributed by atoms with Gasteiger partial charge in [0.1, 0.15) is 16.3 Å². The van der Waals surface area contributed by atoms with Gasteiger partial charge in [-0.15, -0.1) is 11.3 Å². The van der Waals surface area contributed by atoms with E-state index < -0.39 is 0 Å². The number of nitrogens with zero attached hydrogens (tertiary/aromatic N) is 3. The summed E-state index contributed by atoms with van der Waals surface area (Å²) in [5, 5.41) is 6.78. The lowest BCUT2D eigenvalue weighted by Gasteiger charge is -2.22. The first-order chi connectivity index (χ1) is 9.93. The van der Waals surface area contributed by atoms with Gasteiger partial charge in [-0.05, 0) is 49.0 Å². The molecule has 0 radical (unpaired) electrons. The number of thiophene rings is 1. The number of aromatic nitrogens is 3. The van der Waals surface area contributed by atoms with Crippen LogP contribution in [-0.2, 0) is 0 Å². The minimum Gasteiger partial charge on any atom is -0.316 e. The molecule has 0 aliphatic carbocycles. The largest absolute Gasteiger partial charge is 0.316 e. The van der Waals surface area contributed by atoms with Gasteiger partial charge in [-0.2, -0.15) is 0 Å². The zero-order valence-corrected chi connectivity index (χ0v) is 11.9. The highest BCUT2D eigenvalue weighted by Crippen LogP contribution is 2.30. The average molecular weight is 284 g/mol. The molecule has 5 heteroatoms. The summed E-state index contributed by atoms with van der Waals surface area (Å²) in [5.74, 6) is 1.62. The Morgan fingerprint density at radius 3 is 3.10 bits per heavy atom. The highest BCUT2D eigenvalue weighted by molar-refractivity contribution is 7.12. The molecule has 0 spiro atoms. The summed E-state index contributed by atoms with van der Waals surface area (Å²) < 4.78 is 2.23. The Hall–Kier alpha value is -1.72. The molecule has 0 saturated carbocycles. The van der Waals surface area contributed by atoms with Gasteiger partial charge < -0.3 is 5.32 Å². The molecule has 3 aromatic rings. The van der Waals surface area contributed by atoms with Gasteiger partial charge in [0.15, 0.2) is 5.65 Å². The van der Waals surface area contributed by atoms with E-state index in [1.54, 1.807) is 11.3 Å². The van der Waals surface area contributed by atoms with Crippen LogP contribution in [-0.4, -0.2) is 27.6 Å². The van der Waals surface area contributed by atoms with E-state index in [9.17, 15) is 0 Å². The second kappa shape index (κ2) is 5.00. The Bertz CT molecular complexity index is 711. The molecule has 0 aromatic carbocycles. The fourth-order valence-corrected chi connectivity index (χ4v) is 3.63. The first-order valence-corrected chi connectivity index (χ1v) is 7.89. The zero-order valence-electron chi connectivity index (χ0n) is 11.1. The average Bonchev–Trinajstić information content (AvgIpc) is 3.14. The Labute approximate surface area is 121 Å². The number of fused-ring (bicyclic) bond motifs is 1. The molecule has 1 atom stereocenters. The van der Waals surface area contributed by atoms with Crippen molar-refractivity contribution in [2.45, 2.75) is 18.8 Å².